The molecule has 1 aromatic rings. The number of piperidine rings is 2. The molecule has 2 saturated heterocycles. The second-order valence-corrected chi connectivity index (χ2v) is 8.08. The minimum atomic E-state index is 0.661. The summed E-state index contributed by atoms with van der Waals surface area (Å²) in [6, 6.07) is 9.96. The Labute approximate surface area is 142 Å². The standard InChI is InChI=1S/C21H34N2/c1-4-19-5-7-20(8-6-19)17-22-13-9-21(10-14-22)11-15-23(16-12-21)18(2)3/h5-8,18H,4,9-17H2,1-3H3. The molecular formula is C21H34N2. The number of hydrogen-bond acceptors (Lipinski definition) is 2. The quantitative estimate of drug-likeness (QED) is 0.816. The average Bonchev–Trinajstić information content (AvgIpc) is 2.58. The number of benzene rings is 1. The molecule has 0 saturated carbocycles. The van der Waals surface area contributed by atoms with Crippen molar-refractivity contribution in [3.05, 3.63) is 35.4 Å². The van der Waals surface area contributed by atoms with Gasteiger partial charge in [0.2, 0.25) is 0 Å². The van der Waals surface area contributed by atoms with Gasteiger partial charge in [-0.25, -0.2) is 0 Å². The summed E-state index contributed by atoms with van der Waals surface area (Å²) in [5.41, 5.74) is 3.59. The topological polar surface area (TPSA) is 6.48 Å². The molecule has 0 bridgehead atoms. The van der Waals surface area contributed by atoms with Gasteiger partial charge in [0, 0.05) is 12.6 Å². The number of rotatable bonds is 4. The normalized spacial score (nSPS) is 22.8. The minimum Gasteiger partial charge on any atom is -0.301 e. The third-order valence-electron chi connectivity index (χ3n) is 6.34. The van der Waals surface area contributed by atoms with Gasteiger partial charge in [-0.1, -0.05) is 31.2 Å². The first-order chi connectivity index (χ1) is 11.1. The second kappa shape index (κ2) is 7.36. The minimum absolute atomic E-state index is 0.661. The van der Waals surface area contributed by atoms with Crippen molar-refractivity contribution < 1.29 is 0 Å². The maximum absolute atomic E-state index is 2.67. The maximum atomic E-state index is 2.67. The van der Waals surface area contributed by atoms with Crippen LogP contribution in [0.1, 0.15) is 57.6 Å². The molecule has 0 radical (unpaired) electrons. The second-order valence-electron chi connectivity index (χ2n) is 8.08. The van der Waals surface area contributed by atoms with Gasteiger partial charge in [-0.05, 0) is 88.7 Å². The molecule has 0 N–H and O–H groups in total. The largest absolute Gasteiger partial charge is 0.301 e. The Morgan fingerprint density at radius 2 is 1.39 bits per heavy atom. The summed E-state index contributed by atoms with van der Waals surface area (Å²) in [5, 5.41) is 0. The molecule has 0 unspecified atom stereocenters. The van der Waals surface area contributed by atoms with Crippen molar-refractivity contribution in [2.45, 2.75) is 65.5 Å². The summed E-state index contributed by atoms with van der Waals surface area (Å²) in [6.07, 6.45) is 6.80. The van der Waals surface area contributed by atoms with Gasteiger partial charge in [-0.2, -0.15) is 0 Å². The fourth-order valence-electron chi connectivity index (χ4n) is 4.34. The first-order valence-electron chi connectivity index (χ1n) is 9.64. The van der Waals surface area contributed by atoms with Crippen molar-refractivity contribution in [3.8, 4) is 0 Å². The molecule has 2 heteroatoms. The highest BCUT2D eigenvalue weighted by molar-refractivity contribution is 5.22. The third-order valence-corrected chi connectivity index (χ3v) is 6.34. The van der Waals surface area contributed by atoms with Crippen LogP contribution in [0.5, 0.6) is 0 Å². The van der Waals surface area contributed by atoms with E-state index in [9.17, 15) is 0 Å². The molecule has 2 nitrogen and oxygen atoms in total. The summed E-state index contributed by atoms with van der Waals surface area (Å²) >= 11 is 0. The maximum Gasteiger partial charge on any atom is 0.0233 e. The zero-order chi connectivity index (χ0) is 16.3. The van der Waals surface area contributed by atoms with Gasteiger partial charge in [0.05, 0.1) is 0 Å². The van der Waals surface area contributed by atoms with E-state index in [1.807, 2.05) is 0 Å². The molecule has 0 aliphatic carbocycles. The molecule has 1 spiro atoms. The summed E-state index contributed by atoms with van der Waals surface area (Å²) in [6.45, 7) is 13.2. The molecule has 1 aromatic carbocycles. The van der Waals surface area contributed by atoms with E-state index in [2.05, 4.69) is 54.8 Å². The first-order valence-corrected chi connectivity index (χ1v) is 9.64. The van der Waals surface area contributed by atoms with E-state index in [0.717, 1.165) is 19.0 Å². The highest BCUT2D eigenvalue weighted by atomic mass is 15.2. The molecular weight excluding hydrogens is 280 g/mol. The van der Waals surface area contributed by atoms with E-state index >= 15 is 0 Å². The van der Waals surface area contributed by atoms with Gasteiger partial charge in [0.1, 0.15) is 0 Å². The number of likely N-dealkylation sites (tertiary alicyclic amines) is 2. The summed E-state index contributed by atoms with van der Waals surface area (Å²) in [5.74, 6) is 0. The van der Waals surface area contributed by atoms with Gasteiger partial charge in [0.15, 0.2) is 0 Å². The van der Waals surface area contributed by atoms with Crippen LogP contribution in [-0.4, -0.2) is 42.0 Å². The van der Waals surface area contributed by atoms with Crippen LogP contribution in [-0.2, 0) is 13.0 Å². The third kappa shape index (κ3) is 4.16. The van der Waals surface area contributed by atoms with E-state index in [1.54, 1.807) is 0 Å². The fourth-order valence-corrected chi connectivity index (χ4v) is 4.34. The lowest BCUT2D eigenvalue weighted by molar-refractivity contribution is 0.0230. The molecule has 0 amide bonds. The molecule has 0 atom stereocenters. The van der Waals surface area contributed by atoms with Crippen molar-refractivity contribution >= 4 is 0 Å². The van der Waals surface area contributed by atoms with Crippen molar-refractivity contribution in [1.29, 1.82) is 0 Å². The lowest BCUT2D eigenvalue weighted by Gasteiger charge is -2.47. The van der Waals surface area contributed by atoms with Crippen LogP contribution in [0.2, 0.25) is 0 Å². The van der Waals surface area contributed by atoms with E-state index in [1.165, 1.54) is 63.0 Å². The van der Waals surface area contributed by atoms with Gasteiger partial charge in [-0.3, -0.25) is 4.90 Å². The number of hydrogen-bond donors (Lipinski definition) is 0. The van der Waals surface area contributed by atoms with E-state index in [-0.39, 0.29) is 0 Å². The summed E-state index contributed by atoms with van der Waals surface area (Å²) in [7, 11) is 0. The van der Waals surface area contributed by atoms with Crippen molar-refractivity contribution in [3.63, 3.8) is 0 Å². The molecule has 0 aromatic heterocycles. The predicted octanol–water partition coefficient (Wildman–Crippen LogP) is 4.34. The average molecular weight is 315 g/mol. The lowest BCUT2D eigenvalue weighted by atomic mass is 9.71. The van der Waals surface area contributed by atoms with Gasteiger partial charge < -0.3 is 4.90 Å². The Balaban J connectivity index is 1.48. The van der Waals surface area contributed by atoms with Gasteiger partial charge in [0.25, 0.3) is 0 Å². The molecule has 3 rings (SSSR count). The van der Waals surface area contributed by atoms with E-state index < -0.39 is 0 Å². The molecule has 2 fully saturated rings. The molecule has 2 aliphatic heterocycles. The van der Waals surface area contributed by atoms with Crippen LogP contribution in [0.3, 0.4) is 0 Å². The van der Waals surface area contributed by atoms with Crippen molar-refractivity contribution in [2.24, 2.45) is 5.41 Å². The smallest absolute Gasteiger partial charge is 0.0233 e. The van der Waals surface area contributed by atoms with Crippen molar-refractivity contribution in [1.82, 2.24) is 9.80 Å². The van der Waals surface area contributed by atoms with Crippen LogP contribution in [0.15, 0.2) is 24.3 Å². The van der Waals surface area contributed by atoms with Crippen molar-refractivity contribution in [2.75, 3.05) is 26.2 Å². The zero-order valence-corrected chi connectivity index (χ0v) is 15.4. The summed E-state index contributed by atoms with van der Waals surface area (Å²) in [4.78, 5) is 5.33. The van der Waals surface area contributed by atoms with Crippen LogP contribution >= 0.6 is 0 Å². The van der Waals surface area contributed by atoms with Gasteiger partial charge in [-0.15, -0.1) is 0 Å². The Morgan fingerprint density at radius 1 is 0.870 bits per heavy atom. The van der Waals surface area contributed by atoms with E-state index in [4.69, 9.17) is 0 Å². The molecule has 2 aliphatic rings. The zero-order valence-electron chi connectivity index (χ0n) is 15.4. The van der Waals surface area contributed by atoms with E-state index in [0.29, 0.717) is 5.41 Å². The van der Waals surface area contributed by atoms with Crippen LogP contribution < -0.4 is 0 Å². The molecule has 128 valence electrons. The number of aryl methyl sites for hydroxylation is 1. The number of nitrogens with zero attached hydrogens (tertiary/aromatic N) is 2. The molecule has 2 heterocycles. The van der Waals surface area contributed by atoms with Crippen LogP contribution in [0.25, 0.3) is 0 Å². The Kier molecular flexibility index (Phi) is 5.43. The highest BCUT2D eigenvalue weighted by Crippen LogP contribution is 2.41. The lowest BCUT2D eigenvalue weighted by Crippen LogP contribution is -2.48. The van der Waals surface area contributed by atoms with Crippen LogP contribution in [0.4, 0.5) is 0 Å². The molecule has 23 heavy (non-hydrogen) atoms. The SMILES string of the molecule is CCc1ccc(CN2CCC3(CC2)CCN(C(C)C)CC3)cc1. The van der Waals surface area contributed by atoms with Crippen LogP contribution in [0, 0.1) is 5.41 Å². The Bertz CT molecular complexity index is 473. The highest BCUT2D eigenvalue weighted by Gasteiger charge is 2.37. The summed E-state index contributed by atoms with van der Waals surface area (Å²) < 4.78 is 0. The first kappa shape index (κ1) is 17.0. The Morgan fingerprint density at radius 3 is 1.91 bits per heavy atom. The fraction of sp³-hybridized carbons (Fsp3) is 0.714. The monoisotopic (exact) mass is 314 g/mol. The Hall–Kier alpha value is -0.860. The van der Waals surface area contributed by atoms with Gasteiger partial charge >= 0.3 is 0 Å². The predicted molar refractivity (Wildman–Crippen MR) is 98.7 cm³/mol.